The van der Waals surface area contributed by atoms with Gasteiger partial charge in [0.2, 0.25) is 0 Å². The van der Waals surface area contributed by atoms with Gasteiger partial charge in [0.15, 0.2) is 0 Å². The highest BCUT2D eigenvalue weighted by atomic mass is 35.5. The fourth-order valence-electron chi connectivity index (χ4n) is 6.63. The molecule has 1 aromatic carbocycles. The highest BCUT2D eigenvalue weighted by Gasteiger charge is 2.45. The number of halogens is 1. The molecule has 2 aliphatic carbocycles. The van der Waals surface area contributed by atoms with Gasteiger partial charge >= 0.3 is 0 Å². The molecular weight excluding hydrogens is 502 g/mol. The highest BCUT2D eigenvalue weighted by Crippen LogP contribution is 2.47. The number of H-pyrrole nitrogens is 1. The van der Waals surface area contributed by atoms with Crippen LogP contribution in [0, 0.1) is 17.8 Å². The van der Waals surface area contributed by atoms with E-state index in [9.17, 15) is 10.2 Å². The van der Waals surface area contributed by atoms with E-state index in [1.54, 1.807) is 18.5 Å². The number of aromatic amines is 1. The number of nitrogens with one attached hydrogen (secondary N) is 2. The number of aromatic hydroxyl groups is 1. The predicted molar refractivity (Wildman–Crippen MR) is 149 cm³/mol. The number of aliphatic hydroxyl groups is 1. The summed E-state index contributed by atoms with van der Waals surface area (Å²) < 4.78 is 1.84. The van der Waals surface area contributed by atoms with Crippen LogP contribution in [0.1, 0.15) is 45.1 Å². The molecule has 3 heterocycles. The fourth-order valence-corrected chi connectivity index (χ4v) is 6.84. The topological polar surface area (TPSA) is 137 Å². The van der Waals surface area contributed by atoms with Crippen LogP contribution in [0.25, 0.3) is 16.6 Å². The maximum atomic E-state index is 11.0. The molecule has 6 rings (SSSR count). The van der Waals surface area contributed by atoms with Crippen LogP contribution < -0.4 is 11.1 Å². The summed E-state index contributed by atoms with van der Waals surface area (Å²) >= 11 is 6.33. The van der Waals surface area contributed by atoms with E-state index in [2.05, 4.69) is 38.6 Å². The minimum atomic E-state index is -0.649. The largest absolute Gasteiger partial charge is 0.508 e. The third-order valence-corrected chi connectivity index (χ3v) is 8.42. The first-order chi connectivity index (χ1) is 18.2. The summed E-state index contributed by atoms with van der Waals surface area (Å²) in [6, 6.07) is 6.81. The van der Waals surface area contributed by atoms with Gasteiger partial charge in [-0.25, -0.2) is 9.51 Å². The molecule has 2 bridgehead atoms. The van der Waals surface area contributed by atoms with Crippen molar-refractivity contribution in [2.75, 3.05) is 5.32 Å². The monoisotopic (exact) mass is 533 g/mol. The average molecular weight is 534 g/mol. The summed E-state index contributed by atoms with van der Waals surface area (Å²) in [6.45, 7) is 4.25. The summed E-state index contributed by atoms with van der Waals surface area (Å²) in [5.41, 5.74) is 10.7. The Bertz CT molecular complexity index is 1510. The van der Waals surface area contributed by atoms with Gasteiger partial charge in [-0.3, -0.25) is 5.10 Å². The lowest BCUT2D eigenvalue weighted by Crippen LogP contribution is -2.50. The molecule has 2 fully saturated rings. The van der Waals surface area contributed by atoms with Crippen LogP contribution in [0.5, 0.6) is 5.75 Å². The van der Waals surface area contributed by atoms with Crippen LogP contribution in [-0.2, 0) is 0 Å². The van der Waals surface area contributed by atoms with Gasteiger partial charge in [-0.05, 0) is 68.6 Å². The molecule has 2 saturated carbocycles. The fraction of sp³-hybridized carbons (Fsp3) is 0.393. The number of hydrogen-bond acceptors (Lipinski definition) is 6. The van der Waals surface area contributed by atoms with Gasteiger partial charge in [0.05, 0.1) is 45.5 Å². The second kappa shape index (κ2) is 9.32. The molecule has 10 heteroatoms. The van der Waals surface area contributed by atoms with E-state index in [4.69, 9.17) is 17.3 Å². The summed E-state index contributed by atoms with van der Waals surface area (Å²) in [4.78, 5) is 4.60. The molecule has 4 aromatic rings. The van der Waals surface area contributed by atoms with Crippen molar-refractivity contribution < 1.29 is 10.2 Å². The molecule has 0 saturated heterocycles. The molecule has 198 valence electrons. The normalized spacial score (nSPS) is 27.5. The maximum Gasteiger partial charge on any atom is 0.135 e. The smallest absolute Gasteiger partial charge is 0.135 e. The van der Waals surface area contributed by atoms with E-state index >= 15 is 0 Å². The molecule has 0 aliphatic heterocycles. The van der Waals surface area contributed by atoms with Crippen LogP contribution >= 0.6 is 11.6 Å². The van der Waals surface area contributed by atoms with Crippen molar-refractivity contribution in [2.45, 2.75) is 51.2 Å². The second-order valence-electron chi connectivity index (χ2n) is 11.3. The number of rotatable bonds is 5. The number of benzene rings is 1. The Kier molecular flexibility index (Phi) is 6.07. The molecule has 6 N–H and O–H groups in total. The third kappa shape index (κ3) is 4.61. The zero-order chi connectivity index (χ0) is 26.6. The zero-order valence-electron chi connectivity index (χ0n) is 21.4. The van der Waals surface area contributed by atoms with Crippen molar-refractivity contribution in [1.29, 1.82) is 0 Å². The Labute approximate surface area is 225 Å². The van der Waals surface area contributed by atoms with Crippen LogP contribution in [0.4, 0.5) is 11.4 Å². The number of hydrogen-bond donors (Lipinski definition) is 5. The molecule has 0 amide bonds. The van der Waals surface area contributed by atoms with Crippen molar-refractivity contribution in [2.24, 2.45) is 28.5 Å². The van der Waals surface area contributed by atoms with Crippen LogP contribution in [0.15, 0.2) is 54.0 Å². The van der Waals surface area contributed by atoms with Gasteiger partial charge in [-0.15, -0.1) is 0 Å². The summed E-state index contributed by atoms with van der Waals surface area (Å²) in [5.74, 6) is 1.62. The second-order valence-corrected chi connectivity index (χ2v) is 11.7. The molecule has 3 aromatic heterocycles. The van der Waals surface area contributed by atoms with Gasteiger partial charge in [-0.1, -0.05) is 18.5 Å². The Balaban J connectivity index is 1.46. The van der Waals surface area contributed by atoms with E-state index in [0.29, 0.717) is 34.0 Å². The lowest BCUT2D eigenvalue weighted by Gasteiger charge is -2.49. The van der Waals surface area contributed by atoms with E-state index in [-0.39, 0.29) is 17.6 Å². The lowest BCUT2D eigenvalue weighted by atomic mass is 9.61. The standard InChI is InChI=1S/C28H32ClN7O2/c1-15-5-16-6-17(10-28(2,38)9-16)25(15)35-26-21(27(30)34-23-4-3-20(37)8-22(23)29)13-33-36-14-18(7-24(26)36)19-11-31-32-12-19/h3-4,7-8,11-17,25,35,37-38H,5-6,9-10H2,1-2H3,(H2,30,34)(H,31,32). The third-order valence-electron chi connectivity index (χ3n) is 8.12. The van der Waals surface area contributed by atoms with Crippen molar-refractivity contribution >= 4 is 34.3 Å². The number of anilines is 1. The number of nitrogens with two attached hydrogens (primary N) is 1. The minimum Gasteiger partial charge on any atom is -0.508 e. The molecule has 0 radical (unpaired) electrons. The highest BCUT2D eigenvalue weighted by molar-refractivity contribution is 6.33. The first-order valence-corrected chi connectivity index (χ1v) is 13.4. The zero-order valence-corrected chi connectivity index (χ0v) is 22.2. The quantitative estimate of drug-likeness (QED) is 0.179. The van der Waals surface area contributed by atoms with Crippen molar-refractivity contribution in [3.8, 4) is 16.9 Å². The molecule has 5 atom stereocenters. The van der Waals surface area contributed by atoms with Crippen LogP contribution in [0.2, 0.25) is 5.02 Å². The molecule has 0 spiro atoms. The minimum absolute atomic E-state index is 0.0610. The average Bonchev–Trinajstić information content (AvgIpc) is 3.52. The van der Waals surface area contributed by atoms with E-state index in [1.165, 1.54) is 12.1 Å². The van der Waals surface area contributed by atoms with Crippen molar-refractivity contribution in [3.05, 3.63) is 59.6 Å². The number of aromatic nitrogens is 4. The number of nitrogens with zero attached hydrogens (tertiary/aromatic N) is 4. The number of fused-ring (bicyclic) bond motifs is 3. The molecule has 2 aliphatic rings. The van der Waals surface area contributed by atoms with Gasteiger partial charge in [0, 0.05) is 35.6 Å². The van der Waals surface area contributed by atoms with E-state index in [0.717, 1.165) is 48.0 Å². The number of phenols is 1. The Morgan fingerprint density at radius 1 is 1.24 bits per heavy atom. The number of aliphatic imine (C=N–C) groups is 1. The molecule has 38 heavy (non-hydrogen) atoms. The summed E-state index contributed by atoms with van der Waals surface area (Å²) in [7, 11) is 0. The lowest BCUT2D eigenvalue weighted by molar-refractivity contribution is -0.0501. The first kappa shape index (κ1) is 24.8. The van der Waals surface area contributed by atoms with Crippen molar-refractivity contribution in [3.63, 3.8) is 0 Å². The predicted octanol–water partition coefficient (Wildman–Crippen LogP) is 5.11. The summed E-state index contributed by atoms with van der Waals surface area (Å²) in [5, 5.41) is 36.5. The SMILES string of the molecule is CC1CC2CC(CC(C)(O)C2)C1Nc1c(C(N)=Nc2ccc(O)cc2Cl)cnn2cc(-c3cn[nH]c3)cc12. The Morgan fingerprint density at radius 3 is 2.84 bits per heavy atom. The maximum absolute atomic E-state index is 11.0. The summed E-state index contributed by atoms with van der Waals surface area (Å²) in [6.07, 6.45) is 11.1. The van der Waals surface area contributed by atoms with E-state index < -0.39 is 5.60 Å². The van der Waals surface area contributed by atoms with Crippen molar-refractivity contribution in [1.82, 2.24) is 19.8 Å². The van der Waals surface area contributed by atoms with E-state index in [1.807, 2.05) is 23.8 Å². The Hall–Kier alpha value is -3.56. The van der Waals surface area contributed by atoms with Crippen LogP contribution in [0.3, 0.4) is 0 Å². The van der Waals surface area contributed by atoms with Gasteiger partial charge in [0.1, 0.15) is 11.6 Å². The molecule has 9 nitrogen and oxygen atoms in total. The number of phenolic OH excluding ortho intramolecular Hbond substituents is 1. The van der Waals surface area contributed by atoms with Gasteiger partial charge in [0.25, 0.3) is 0 Å². The number of amidine groups is 1. The van der Waals surface area contributed by atoms with Gasteiger partial charge in [-0.2, -0.15) is 10.2 Å². The van der Waals surface area contributed by atoms with Crippen LogP contribution in [-0.4, -0.2) is 47.5 Å². The Morgan fingerprint density at radius 2 is 2.08 bits per heavy atom. The molecular formula is C28H32ClN7O2. The first-order valence-electron chi connectivity index (χ1n) is 13.0. The molecule has 5 unspecified atom stereocenters. The van der Waals surface area contributed by atoms with Gasteiger partial charge < -0.3 is 21.3 Å².